The molecule has 6 nitrogen and oxygen atoms in total. The van der Waals surface area contributed by atoms with E-state index in [0.29, 0.717) is 6.54 Å². The fraction of sp³-hybridized carbons (Fsp3) is 0.0755. The summed E-state index contributed by atoms with van der Waals surface area (Å²) in [6.45, 7) is 5.66. The molecule has 0 aliphatic carbocycles. The number of fused-ring (bicyclic) bond motifs is 3. The van der Waals surface area contributed by atoms with E-state index in [-0.39, 0.29) is 5.84 Å². The van der Waals surface area contributed by atoms with E-state index in [0.717, 1.165) is 45.8 Å². The number of amidine groups is 1. The first-order valence-electron chi connectivity index (χ1n) is 19.7. The number of hydrogen-bond acceptors (Lipinski definition) is 5. The Bertz CT molecular complexity index is 2520. The molecule has 0 aromatic heterocycles. The average molecular weight is 773 g/mol. The van der Waals surface area contributed by atoms with Crippen LogP contribution in [0.5, 0.6) is 0 Å². The Hall–Kier alpha value is -7.41. The lowest BCUT2D eigenvalue weighted by atomic mass is 9.97. The molecular formula is C53H52N6. The summed E-state index contributed by atoms with van der Waals surface area (Å²) in [7, 11) is 0. The van der Waals surface area contributed by atoms with Crippen LogP contribution in [0, 0.1) is 19.3 Å². The van der Waals surface area contributed by atoms with Crippen molar-refractivity contribution in [3.05, 3.63) is 222 Å². The fourth-order valence-electron chi connectivity index (χ4n) is 6.55. The number of anilines is 4. The van der Waals surface area contributed by atoms with Crippen molar-refractivity contribution < 1.29 is 0 Å². The van der Waals surface area contributed by atoms with Crippen molar-refractivity contribution in [2.75, 3.05) is 22.9 Å². The summed E-state index contributed by atoms with van der Waals surface area (Å²) in [5.41, 5.74) is 31.8. The lowest BCUT2D eigenvalue weighted by Gasteiger charge is -2.22. The number of aryl methyl sites for hydroxylation is 2. The molecule has 0 unspecified atom stereocenters. The predicted molar refractivity (Wildman–Crippen MR) is 254 cm³/mol. The van der Waals surface area contributed by atoms with Gasteiger partial charge in [0.15, 0.2) is 0 Å². The highest BCUT2D eigenvalue weighted by Gasteiger charge is 2.17. The number of nitrogen functional groups attached to an aromatic ring is 2. The molecule has 0 radical (unpaired) electrons. The summed E-state index contributed by atoms with van der Waals surface area (Å²) >= 11 is 0. The summed E-state index contributed by atoms with van der Waals surface area (Å²) in [5, 5.41) is 16.3. The Morgan fingerprint density at radius 3 is 1.54 bits per heavy atom. The van der Waals surface area contributed by atoms with Crippen LogP contribution in [0.25, 0.3) is 39.1 Å². The molecular weight excluding hydrogens is 721 g/mol. The Morgan fingerprint density at radius 2 is 1.03 bits per heavy atom. The Kier molecular flexibility index (Phi) is 14.4. The molecule has 1 aliphatic heterocycles. The second-order valence-corrected chi connectivity index (χ2v) is 14.2. The van der Waals surface area contributed by atoms with Gasteiger partial charge >= 0.3 is 0 Å². The zero-order chi connectivity index (χ0) is 41.4. The smallest absolute Gasteiger partial charge is 0.122 e. The predicted octanol–water partition coefficient (Wildman–Crippen LogP) is 12.4. The van der Waals surface area contributed by atoms with E-state index < -0.39 is 0 Å². The van der Waals surface area contributed by atoms with Gasteiger partial charge in [-0.05, 0) is 53.8 Å². The van der Waals surface area contributed by atoms with Gasteiger partial charge in [-0.15, -0.1) is 0 Å². The Balaban J connectivity index is 0.000000139. The van der Waals surface area contributed by atoms with E-state index in [9.17, 15) is 0 Å². The molecule has 8 aromatic carbocycles. The Morgan fingerprint density at radius 1 is 0.576 bits per heavy atom. The van der Waals surface area contributed by atoms with E-state index >= 15 is 0 Å². The number of nitrogens with one attached hydrogen (secondary N) is 3. The van der Waals surface area contributed by atoms with Gasteiger partial charge in [0.05, 0.1) is 17.1 Å². The maximum atomic E-state index is 7.01. The molecule has 0 fully saturated rings. The van der Waals surface area contributed by atoms with Crippen molar-refractivity contribution in [2.45, 2.75) is 20.4 Å². The maximum Gasteiger partial charge on any atom is 0.122 e. The van der Waals surface area contributed by atoms with Crippen molar-refractivity contribution in [2.24, 2.45) is 11.5 Å². The number of benzene rings is 8. The van der Waals surface area contributed by atoms with Gasteiger partial charge in [-0.1, -0.05) is 199 Å². The van der Waals surface area contributed by atoms with Crippen molar-refractivity contribution >= 4 is 45.4 Å². The monoisotopic (exact) mass is 772 g/mol. The van der Waals surface area contributed by atoms with Crippen LogP contribution in [0.15, 0.2) is 194 Å². The molecule has 59 heavy (non-hydrogen) atoms. The highest BCUT2D eigenvalue weighted by atomic mass is 14.9. The largest absolute Gasteiger partial charge is 0.396 e. The van der Waals surface area contributed by atoms with Crippen LogP contribution < -0.4 is 27.8 Å². The third-order valence-corrected chi connectivity index (χ3v) is 9.84. The molecule has 0 atom stereocenters. The van der Waals surface area contributed by atoms with Crippen LogP contribution >= 0.6 is 0 Å². The van der Waals surface area contributed by atoms with E-state index in [1.54, 1.807) is 0 Å². The minimum absolute atomic E-state index is 0.121. The highest BCUT2D eigenvalue weighted by Crippen LogP contribution is 2.42. The van der Waals surface area contributed by atoms with Gasteiger partial charge in [-0.2, -0.15) is 0 Å². The number of para-hydroxylation sites is 1. The molecule has 294 valence electrons. The highest BCUT2D eigenvalue weighted by molar-refractivity contribution is 6.12. The third kappa shape index (κ3) is 11.3. The second kappa shape index (κ2) is 20.7. The fourth-order valence-corrected chi connectivity index (χ4v) is 6.55. The van der Waals surface area contributed by atoms with Gasteiger partial charge in [0.25, 0.3) is 0 Å². The quantitative estimate of drug-likeness (QED) is 0.0434. The van der Waals surface area contributed by atoms with Crippen LogP contribution in [0.4, 0.5) is 22.7 Å². The first-order valence-corrected chi connectivity index (χ1v) is 19.7. The number of nitrogens with two attached hydrogens (primary N) is 3. The number of rotatable bonds is 6. The molecule has 0 amide bonds. The summed E-state index contributed by atoms with van der Waals surface area (Å²) < 4.78 is 0. The van der Waals surface area contributed by atoms with Crippen LogP contribution in [-0.4, -0.2) is 12.4 Å². The van der Waals surface area contributed by atoms with E-state index in [2.05, 4.69) is 140 Å². The minimum Gasteiger partial charge on any atom is -0.396 e. The first-order chi connectivity index (χ1) is 28.8. The van der Waals surface area contributed by atoms with Gasteiger partial charge in [0, 0.05) is 40.7 Å². The van der Waals surface area contributed by atoms with Crippen molar-refractivity contribution in [1.29, 1.82) is 5.41 Å². The van der Waals surface area contributed by atoms with E-state index in [4.69, 9.17) is 22.6 Å². The molecule has 1 aliphatic rings. The van der Waals surface area contributed by atoms with Gasteiger partial charge < -0.3 is 27.8 Å². The minimum atomic E-state index is 0.121. The van der Waals surface area contributed by atoms with Gasteiger partial charge in [-0.25, -0.2) is 0 Å². The normalized spacial score (nSPS) is 10.9. The summed E-state index contributed by atoms with van der Waals surface area (Å²) in [4.78, 5) is 0. The molecule has 0 saturated heterocycles. The Labute approximate surface area is 348 Å². The van der Waals surface area contributed by atoms with Gasteiger partial charge in [0.2, 0.25) is 0 Å². The lowest BCUT2D eigenvalue weighted by Crippen LogP contribution is -2.10. The third-order valence-electron chi connectivity index (χ3n) is 9.84. The van der Waals surface area contributed by atoms with Crippen molar-refractivity contribution in [3.8, 4) is 22.3 Å². The van der Waals surface area contributed by atoms with Crippen LogP contribution in [0.3, 0.4) is 0 Å². The molecule has 0 bridgehead atoms. The summed E-state index contributed by atoms with van der Waals surface area (Å²) in [6.07, 6.45) is 4.20. The SMILES string of the molecule is Cc1ccc(-c2ccc(C)cc2)cc1.N=C(N)c1ccccc1.NCc1ccc(-c2ccccc2)cc1.Nc1c2c(c3ccccc3c1Nc1ccccc1)NCC=C2. The zero-order valence-corrected chi connectivity index (χ0v) is 33.7. The van der Waals surface area contributed by atoms with Gasteiger partial charge in [0.1, 0.15) is 5.84 Å². The van der Waals surface area contributed by atoms with Crippen molar-refractivity contribution in [3.63, 3.8) is 0 Å². The molecule has 8 aromatic rings. The van der Waals surface area contributed by atoms with Crippen LogP contribution in [0.1, 0.15) is 27.8 Å². The lowest BCUT2D eigenvalue weighted by molar-refractivity contribution is 1.07. The van der Waals surface area contributed by atoms with E-state index in [1.807, 2.05) is 84.9 Å². The summed E-state index contributed by atoms with van der Waals surface area (Å²) in [5.74, 6) is 0.121. The van der Waals surface area contributed by atoms with Crippen LogP contribution in [0.2, 0.25) is 0 Å². The molecule has 9 N–H and O–H groups in total. The summed E-state index contributed by atoms with van der Waals surface area (Å²) in [6, 6.07) is 63.7. The topological polar surface area (TPSA) is 126 Å². The molecule has 0 saturated carbocycles. The van der Waals surface area contributed by atoms with Gasteiger partial charge in [-0.3, -0.25) is 5.41 Å². The molecule has 0 spiro atoms. The van der Waals surface area contributed by atoms with E-state index in [1.165, 1.54) is 44.3 Å². The first kappa shape index (κ1) is 41.2. The number of hydrogen-bond donors (Lipinski definition) is 6. The molecule has 9 rings (SSSR count). The maximum absolute atomic E-state index is 7.01. The zero-order valence-electron chi connectivity index (χ0n) is 33.7. The average Bonchev–Trinajstić information content (AvgIpc) is 3.30. The van der Waals surface area contributed by atoms with Crippen LogP contribution in [-0.2, 0) is 6.54 Å². The molecule has 6 heteroatoms. The van der Waals surface area contributed by atoms with Crippen molar-refractivity contribution in [1.82, 2.24) is 0 Å². The second-order valence-electron chi connectivity index (χ2n) is 14.2. The molecule has 1 heterocycles. The standard InChI is InChI=1S/C19H17N3.C14H14.C13H13N.C7H8N2/c20-17-16-11-6-12-21-18(16)14-9-4-5-10-15(14)19(17)22-13-7-2-1-3-8-13;1-11-3-7-13(8-4-11)14-9-5-12(2)6-10-14;14-10-11-6-8-13(9-7-11)12-4-2-1-3-5-12;8-7(9)6-4-2-1-3-5-6/h1-11,21-22H,12,20H2;3-10H,1-2H3;1-9H,10,14H2;1-5H,(H3,8,9).